The zero-order valence-electron chi connectivity index (χ0n) is 13.3. The SMILES string of the molecule is C[C@@H](O)[C@H]1C(=O)N2C(C(=O)O)=C(CN3CCCC[C@@H]3C(N)=O)S[C@H]12. The lowest BCUT2D eigenvalue weighted by molar-refractivity contribution is -0.156. The molecule has 8 nitrogen and oxygen atoms in total. The van der Waals surface area contributed by atoms with Gasteiger partial charge >= 0.3 is 5.97 Å². The molecule has 3 rings (SSSR count). The number of primary amides is 1. The number of fused-ring (bicyclic) bond motifs is 1. The molecule has 0 bridgehead atoms. The van der Waals surface area contributed by atoms with Gasteiger partial charge in [-0.1, -0.05) is 6.42 Å². The van der Waals surface area contributed by atoms with Gasteiger partial charge in [-0.2, -0.15) is 0 Å². The Morgan fingerprint density at radius 1 is 1.42 bits per heavy atom. The first-order chi connectivity index (χ1) is 11.3. The van der Waals surface area contributed by atoms with Crippen molar-refractivity contribution in [1.29, 1.82) is 0 Å². The smallest absolute Gasteiger partial charge is 0.353 e. The van der Waals surface area contributed by atoms with Crippen LogP contribution in [0.25, 0.3) is 0 Å². The third-order valence-electron chi connectivity index (χ3n) is 4.86. The second-order valence-corrected chi connectivity index (χ2v) is 7.66. The standard InChI is InChI=1S/C15H21N3O5S/c1-7(19)10-13(21)18-11(15(22)23)9(24-14(10)18)6-17-5-3-2-4-8(17)12(16)20/h7-8,10,14,19H,2-6H2,1H3,(H2,16,20)(H,22,23)/t7-,8-,10+,14-/m1/s1. The Bertz CT molecular complexity index is 620. The van der Waals surface area contributed by atoms with Crippen molar-refractivity contribution >= 4 is 29.5 Å². The number of thioether (sulfide) groups is 1. The number of carboxylic acid groups (broad SMARTS) is 1. The third-order valence-corrected chi connectivity index (χ3v) is 6.22. The van der Waals surface area contributed by atoms with Gasteiger partial charge in [-0.3, -0.25) is 19.4 Å². The van der Waals surface area contributed by atoms with Gasteiger partial charge in [-0.25, -0.2) is 4.79 Å². The Morgan fingerprint density at radius 2 is 2.12 bits per heavy atom. The molecule has 4 atom stereocenters. The number of carbonyl (C=O) groups is 3. The van der Waals surface area contributed by atoms with Gasteiger partial charge in [-0.05, 0) is 26.3 Å². The molecular formula is C15H21N3O5S. The molecule has 0 aliphatic carbocycles. The predicted molar refractivity (Wildman–Crippen MR) is 86.5 cm³/mol. The Hall–Kier alpha value is -1.58. The minimum absolute atomic E-state index is 0.0271. The van der Waals surface area contributed by atoms with Crippen molar-refractivity contribution in [2.24, 2.45) is 11.7 Å². The molecule has 3 heterocycles. The van der Waals surface area contributed by atoms with Crippen LogP contribution < -0.4 is 5.73 Å². The summed E-state index contributed by atoms with van der Waals surface area (Å²) in [6, 6.07) is -0.404. The van der Waals surface area contributed by atoms with Crippen LogP contribution in [0.4, 0.5) is 0 Å². The van der Waals surface area contributed by atoms with E-state index in [1.54, 1.807) is 0 Å². The number of nitrogens with two attached hydrogens (primary N) is 1. The van der Waals surface area contributed by atoms with Crippen LogP contribution in [0.5, 0.6) is 0 Å². The number of aliphatic hydroxyl groups excluding tert-OH is 1. The Kier molecular flexibility index (Phi) is 4.58. The van der Waals surface area contributed by atoms with Gasteiger partial charge in [0.05, 0.1) is 18.1 Å². The highest BCUT2D eigenvalue weighted by Gasteiger charge is 2.57. The van der Waals surface area contributed by atoms with E-state index in [0.29, 0.717) is 17.9 Å². The zero-order chi connectivity index (χ0) is 17.6. The average Bonchev–Trinajstić information content (AvgIpc) is 2.81. The number of amides is 2. The molecule has 0 spiro atoms. The first kappa shape index (κ1) is 17.2. The maximum Gasteiger partial charge on any atom is 0.353 e. The normalized spacial score (nSPS) is 31.7. The lowest BCUT2D eigenvalue weighted by Gasteiger charge is -2.43. The summed E-state index contributed by atoms with van der Waals surface area (Å²) in [5.74, 6) is -2.52. The highest BCUT2D eigenvalue weighted by Crippen LogP contribution is 2.50. The highest BCUT2D eigenvalue weighted by atomic mass is 32.2. The van der Waals surface area contributed by atoms with E-state index in [9.17, 15) is 24.6 Å². The van der Waals surface area contributed by atoms with E-state index in [4.69, 9.17) is 5.73 Å². The molecule has 2 amide bonds. The van der Waals surface area contributed by atoms with Crippen molar-refractivity contribution in [2.45, 2.75) is 43.7 Å². The Morgan fingerprint density at radius 3 is 2.71 bits per heavy atom. The summed E-state index contributed by atoms with van der Waals surface area (Å²) in [5.41, 5.74) is 5.43. The molecule has 0 aromatic heterocycles. The van der Waals surface area contributed by atoms with E-state index >= 15 is 0 Å². The molecule has 0 aromatic rings. The van der Waals surface area contributed by atoms with Gasteiger partial charge in [-0.15, -0.1) is 11.8 Å². The molecule has 3 aliphatic rings. The largest absolute Gasteiger partial charge is 0.477 e. The fourth-order valence-corrected chi connectivity index (χ4v) is 5.29. The number of piperidine rings is 1. The maximum absolute atomic E-state index is 12.2. The lowest BCUT2D eigenvalue weighted by atomic mass is 9.92. The first-order valence-corrected chi connectivity index (χ1v) is 8.88. The number of nitrogens with zero attached hydrogens (tertiary/aromatic N) is 2. The summed E-state index contributed by atoms with van der Waals surface area (Å²) in [6.07, 6.45) is 1.68. The number of rotatable bonds is 5. The summed E-state index contributed by atoms with van der Waals surface area (Å²) >= 11 is 1.29. The van der Waals surface area contributed by atoms with Crippen LogP contribution in [-0.4, -0.2) is 68.4 Å². The molecule has 2 fully saturated rings. The van der Waals surface area contributed by atoms with Crippen molar-refractivity contribution in [1.82, 2.24) is 9.80 Å². The van der Waals surface area contributed by atoms with E-state index in [2.05, 4.69) is 0 Å². The van der Waals surface area contributed by atoms with Crippen LogP contribution in [0, 0.1) is 5.92 Å². The topological polar surface area (TPSA) is 124 Å². The molecule has 9 heteroatoms. The highest BCUT2D eigenvalue weighted by molar-refractivity contribution is 8.04. The summed E-state index contributed by atoms with van der Waals surface area (Å²) in [6.45, 7) is 2.49. The summed E-state index contributed by atoms with van der Waals surface area (Å²) in [4.78, 5) is 39.2. The van der Waals surface area contributed by atoms with Crippen molar-refractivity contribution < 1.29 is 24.6 Å². The van der Waals surface area contributed by atoms with Crippen molar-refractivity contribution in [2.75, 3.05) is 13.1 Å². The van der Waals surface area contributed by atoms with E-state index in [-0.39, 0.29) is 23.5 Å². The molecule has 0 aromatic carbocycles. The molecule has 4 N–H and O–H groups in total. The average molecular weight is 355 g/mol. The summed E-state index contributed by atoms with van der Waals surface area (Å²) in [7, 11) is 0. The minimum Gasteiger partial charge on any atom is -0.477 e. The second-order valence-electron chi connectivity index (χ2n) is 6.44. The molecule has 0 unspecified atom stereocenters. The Balaban J connectivity index is 1.83. The fraction of sp³-hybridized carbons (Fsp3) is 0.667. The molecular weight excluding hydrogens is 334 g/mol. The van der Waals surface area contributed by atoms with Crippen LogP contribution >= 0.6 is 11.8 Å². The van der Waals surface area contributed by atoms with Crippen LogP contribution in [0.3, 0.4) is 0 Å². The number of aliphatic hydroxyl groups is 1. The quantitative estimate of drug-likeness (QED) is 0.570. The molecule has 2 saturated heterocycles. The number of aliphatic carboxylic acids is 1. The van der Waals surface area contributed by atoms with Crippen molar-refractivity contribution in [3.8, 4) is 0 Å². The van der Waals surface area contributed by atoms with Crippen LogP contribution in [0.15, 0.2) is 10.6 Å². The van der Waals surface area contributed by atoms with E-state index < -0.39 is 29.9 Å². The molecule has 132 valence electrons. The van der Waals surface area contributed by atoms with Crippen LogP contribution in [-0.2, 0) is 14.4 Å². The minimum atomic E-state index is -1.16. The molecule has 0 saturated carbocycles. The van der Waals surface area contributed by atoms with Gasteiger partial charge in [0.1, 0.15) is 11.1 Å². The number of hydrogen-bond donors (Lipinski definition) is 3. The van der Waals surface area contributed by atoms with Crippen LogP contribution in [0.2, 0.25) is 0 Å². The van der Waals surface area contributed by atoms with Gasteiger partial charge in [0.2, 0.25) is 11.8 Å². The van der Waals surface area contributed by atoms with Crippen molar-refractivity contribution in [3.05, 3.63) is 10.6 Å². The lowest BCUT2D eigenvalue weighted by Crippen LogP contribution is -2.60. The predicted octanol–water partition coefficient (Wildman–Crippen LogP) is -0.465. The van der Waals surface area contributed by atoms with E-state index in [1.165, 1.54) is 23.6 Å². The van der Waals surface area contributed by atoms with Gasteiger partial charge in [0, 0.05) is 11.4 Å². The fourth-order valence-electron chi connectivity index (χ4n) is 3.65. The number of carbonyl (C=O) groups excluding carboxylic acids is 2. The second kappa shape index (κ2) is 6.38. The molecule has 3 aliphatic heterocycles. The number of hydrogen-bond acceptors (Lipinski definition) is 6. The number of carboxylic acids is 1. The zero-order valence-corrected chi connectivity index (χ0v) is 14.2. The number of β-lactam (4-membered cyclic amide) rings is 1. The van der Waals surface area contributed by atoms with Crippen LogP contribution in [0.1, 0.15) is 26.2 Å². The molecule has 24 heavy (non-hydrogen) atoms. The molecule has 0 radical (unpaired) electrons. The monoisotopic (exact) mass is 355 g/mol. The van der Waals surface area contributed by atoms with Gasteiger partial charge in [0.15, 0.2) is 0 Å². The first-order valence-electron chi connectivity index (χ1n) is 8.00. The van der Waals surface area contributed by atoms with E-state index in [1.807, 2.05) is 4.90 Å². The summed E-state index contributed by atoms with van der Waals surface area (Å²) in [5, 5.41) is 18.9. The maximum atomic E-state index is 12.2. The Labute approximate surface area is 143 Å². The van der Waals surface area contributed by atoms with E-state index in [0.717, 1.165) is 12.8 Å². The third kappa shape index (κ3) is 2.70. The van der Waals surface area contributed by atoms with Crippen molar-refractivity contribution in [3.63, 3.8) is 0 Å². The number of likely N-dealkylation sites (tertiary alicyclic amines) is 1. The van der Waals surface area contributed by atoms with Gasteiger partial charge in [0.25, 0.3) is 0 Å². The van der Waals surface area contributed by atoms with Gasteiger partial charge < -0.3 is 15.9 Å². The summed E-state index contributed by atoms with van der Waals surface area (Å²) < 4.78 is 0.